The fraction of sp³-hybridized carbons (Fsp3) is 0.200. The van der Waals surface area contributed by atoms with Gasteiger partial charge in [-0.1, -0.05) is 22.0 Å². The van der Waals surface area contributed by atoms with Gasteiger partial charge in [0.05, 0.1) is 26.3 Å². The molecule has 1 aromatic carbocycles. The number of nitrogens with two attached hydrogens (primary N) is 1. The van der Waals surface area contributed by atoms with Crippen LogP contribution in [0.1, 0.15) is 5.56 Å². The van der Waals surface area contributed by atoms with Crippen LogP contribution in [0, 0.1) is 0 Å². The van der Waals surface area contributed by atoms with E-state index >= 15 is 0 Å². The van der Waals surface area contributed by atoms with Crippen molar-refractivity contribution in [3.05, 3.63) is 46.6 Å². The molecule has 0 unspecified atom stereocenters. The van der Waals surface area contributed by atoms with Crippen molar-refractivity contribution < 1.29 is 9.47 Å². The summed E-state index contributed by atoms with van der Waals surface area (Å²) in [7, 11) is 3.21. The minimum absolute atomic E-state index is 0.263. The molecule has 0 aliphatic heterocycles. The molecule has 6 nitrogen and oxygen atoms in total. The highest BCUT2D eigenvalue weighted by atomic mass is 79.9. The predicted octanol–water partition coefficient (Wildman–Crippen LogP) is 2.79. The van der Waals surface area contributed by atoms with E-state index in [1.54, 1.807) is 20.4 Å². The number of rotatable bonds is 5. The molecule has 0 amide bonds. The molecule has 1 heterocycles. The van der Waals surface area contributed by atoms with Crippen molar-refractivity contribution in [1.82, 2.24) is 4.98 Å². The second-order valence-electron chi connectivity index (χ2n) is 4.33. The van der Waals surface area contributed by atoms with Crippen LogP contribution >= 0.6 is 15.9 Å². The summed E-state index contributed by atoms with van der Waals surface area (Å²) in [5, 5.41) is 2.93. The summed E-state index contributed by atoms with van der Waals surface area (Å²) >= 11 is 3.37. The number of hydrogen-bond donors (Lipinski definition) is 2. The van der Waals surface area contributed by atoms with E-state index in [9.17, 15) is 0 Å². The molecule has 1 aromatic heterocycles. The Labute approximate surface area is 137 Å². The zero-order chi connectivity index (χ0) is 15.9. The number of ether oxygens (including phenoxy) is 2. The number of aliphatic imine (C=N–C) groups is 1. The second-order valence-corrected chi connectivity index (χ2v) is 5.24. The topological polar surface area (TPSA) is 81.8 Å². The van der Waals surface area contributed by atoms with Gasteiger partial charge in [-0.2, -0.15) is 0 Å². The molecular weight excluding hydrogens is 348 g/mol. The Balaban J connectivity index is 2.14. The largest absolute Gasteiger partial charge is 0.496 e. The SMILES string of the molecule is COc1cccc(OC)c1CN=C(N)Nc1cc(Br)ccn1. The van der Waals surface area contributed by atoms with E-state index in [4.69, 9.17) is 15.2 Å². The monoisotopic (exact) mass is 364 g/mol. The van der Waals surface area contributed by atoms with Gasteiger partial charge < -0.3 is 20.5 Å². The first-order valence-electron chi connectivity index (χ1n) is 6.52. The average molecular weight is 365 g/mol. The van der Waals surface area contributed by atoms with Gasteiger partial charge in [-0.25, -0.2) is 9.98 Å². The zero-order valence-corrected chi connectivity index (χ0v) is 13.9. The van der Waals surface area contributed by atoms with Gasteiger partial charge in [0, 0.05) is 10.7 Å². The van der Waals surface area contributed by atoms with Crippen molar-refractivity contribution in [2.75, 3.05) is 19.5 Å². The molecule has 0 radical (unpaired) electrons. The van der Waals surface area contributed by atoms with Crippen LogP contribution in [0.2, 0.25) is 0 Å². The predicted molar refractivity (Wildman–Crippen MR) is 90.4 cm³/mol. The number of methoxy groups -OCH3 is 2. The fourth-order valence-corrected chi connectivity index (χ4v) is 2.23. The molecule has 7 heteroatoms. The number of hydrogen-bond acceptors (Lipinski definition) is 4. The van der Waals surface area contributed by atoms with Gasteiger partial charge in [-0.3, -0.25) is 0 Å². The van der Waals surface area contributed by atoms with Gasteiger partial charge in [-0.05, 0) is 24.3 Å². The van der Waals surface area contributed by atoms with E-state index in [2.05, 4.69) is 31.2 Å². The number of benzene rings is 1. The van der Waals surface area contributed by atoms with Gasteiger partial charge in [0.25, 0.3) is 0 Å². The van der Waals surface area contributed by atoms with Crippen LogP contribution in [-0.2, 0) is 6.54 Å². The molecule has 22 heavy (non-hydrogen) atoms. The minimum Gasteiger partial charge on any atom is -0.496 e. The summed E-state index contributed by atoms with van der Waals surface area (Å²) in [6.45, 7) is 0.333. The van der Waals surface area contributed by atoms with Crippen molar-refractivity contribution in [2.45, 2.75) is 6.54 Å². The van der Waals surface area contributed by atoms with Crippen molar-refractivity contribution >= 4 is 27.7 Å². The Morgan fingerprint density at radius 1 is 1.27 bits per heavy atom. The van der Waals surface area contributed by atoms with Crippen molar-refractivity contribution in [3.63, 3.8) is 0 Å². The zero-order valence-electron chi connectivity index (χ0n) is 12.3. The maximum atomic E-state index is 5.89. The van der Waals surface area contributed by atoms with Gasteiger partial charge in [0.1, 0.15) is 17.3 Å². The molecule has 2 aromatic rings. The number of anilines is 1. The third-order valence-corrected chi connectivity index (χ3v) is 3.41. The van der Waals surface area contributed by atoms with Gasteiger partial charge >= 0.3 is 0 Å². The normalized spacial score (nSPS) is 11.1. The molecule has 0 fully saturated rings. The number of nitrogens with one attached hydrogen (secondary N) is 1. The standard InChI is InChI=1S/C15H17BrN4O2/c1-21-12-4-3-5-13(22-2)11(12)9-19-15(17)20-14-8-10(16)6-7-18-14/h3-8H,9H2,1-2H3,(H3,17,18,19,20). The van der Waals surface area contributed by atoms with Crippen molar-refractivity contribution in [2.24, 2.45) is 10.7 Å². The van der Waals surface area contributed by atoms with Gasteiger partial charge in [0.2, 0.25) is 0 Å². The van der Waals surface area contributed by atoms with E-state index in [-0.39, 0.29) is 5.96 Å². The Morgan fingerprint density at radius 2 is 1.95 bits per heavy atom. The van der Waals surface area contributed by atoms with Crippen LogP contribution in [0.3, 0.4) is 0 Å². The van der Waals surface area contributed by atoms with Crippen LogP contribution in [0.15, 0.2) is 46.0 Å². The Hall–Kier alpha value is -2.28. The molecule has 0 saturated carbocycles. The lowest BCUT2D eigenvalue weighted by atomic mass is 10.2. The van der Waals surface area contributed by atoms with Crippen LogP contribution in [0.4, 0.5) is 5.82 Å². The Bertz CT molecular complexity index is 654. The second kappa shape index (κ2) is 7.65. The molecule has 0 spiro atoms. The summed E-state index contributed by atoms with van der Waals surface area (Å²) in [6.07, 6.45) is 1.67. The maximum Gasteiger partial charge on any atom is 0.194 e. The summed E-state index contributed by atoms with van der Waals surface area (Å²) in [6, 6.07) is 9.21. The van der Waals surface area contributed by atoms with E-state index in [1.165, 1.54) is 0 Å². The number of nitrogens with zero attached hydrogens (tertiary/aromatic N) is 2. The first kappa shape index (κ1) is 16.1. The summed E-state index contributed by atoms with van der Waals surface area (Å²) in [4.78, 5) is 8.46. The lowest BCUT2D eigenvalue weighted by Crippen LogP contribution is -2.23. The quantitative estimate of drug-likeness (QED) is 0.629. The van der Waals surface area contributed by atoms with Crippen LogP contribution in [-0.4, -0.2) is 25.2 Å². The average Bonchev–Trinajstić information content (AvgIpc) is 2.52. The number of guanidine groups is 1. The molecule has 2 rings (SSSR count). The van der Waals surface area contributed by atoms with Crippen LogP contribution in [0.25, 0.3) is 0 Å². The Kier molecular flexibility index (Phi) is 5.60. The molecule has 0 atom stereocenters. The number of halogens is 1. The van der Waals surface area contributed by atoms with Crippen LogP contribution in [0.5, 0.6) is 11.5 Å². The highest BCUT2D eigenvalue weighted by Crippen LogP contribution is 2.28. The molecule has 116 valence electrons. The third-order valence-electron chi connectivity index (χ3n) is 2.92. The first-order chi connectivity index (χ1) is 10.6. The van der Waals surface area contributed by atoms with E-state index < -0.39 is 0 Å². The molecule has 3 N–H and O–H groups in total. The summed E-state index contributed by atoms with van der Waals surface area (Å²) < 4.78 is 11.6. The summed E-state index contributed by atoms with van der Waals surface area (Å²) in [5.41, 5.74) is 6.72. The van der Waals surface area contributed by atoms with E-state index in [0.717, 1.165) is 10.0 Å². The smallest absolute Gasteiger partial charge is 0.194 e. The molecule has 0 aliphatic carbocycles. The number of aromatic nitrogens is 1. The van der Waals surface area contributed by atoms with Gasteiger partial charge in [0.15, 0.2) is 5.96 Å². The molecule has 0 bridgehead atoms. The third kappa shape index (κ3) is 4.11. The molecule has 0 aliphatic rings. The highest BCUT2D eigenvalue weighted by Gasteiger charge is 2.09. The Morgan fingerprint density at radius 3 is 2.55 bits per heavy atom. The van der Waals surface area contributed by atoms with Crippen molar-refractivity contribution in [1.29, 1.82) is 0 Å². The highest BCUT2D eigenvalue weighted by molar-refractivity contribution is 9.10. The first-order valence-corrected chi connectivity index (χ1v) is 7.31. The van der Waals surface area contributed by atoms with Crippen molar-refractivity contribution in [3.8, 4) is 11.5 Å². The summed E-state index contributed by atoms with van der Waals surface area (Å²) in [5.74, 6) is 2.29. The van der Waals surface area contributed by atoms with E-state index in [1.807, 2.05) is 30.3 Å². The van der Waals surface area contributed by atoms with E-state index in [0.29, 0.717) is 23.9 Å². The molecular formula is C15H17BrN4O2. The molecule has 0 saturated heterocycles. The number of pyridine rings is 1. The minimum atomic E-state index is 0.263. The van der Waals surface area contributed by atoms with Gasteiger partial charge in [-0.15, -0.1) is 0 Å². The van der Waals surface area contributed by atoms with Crippen LogP contribution < -0.4 is 20.5 Å². The fourth-order valence-electron chi connectivity index (χ4n) is 1.89. The lowest BCUT2D eigenvalue weighted by molar-refractivity contribution is 0.385. The maximum absolute atomic E-state index is 5.89. The lowest BCUT2D eigenvalue weighted by Gasteiger charge is -2.11.